The molecule has 0 saturated heterocycles. The van der Waals surface area contributed by atoms with E-state index in [2.05, 4.69) is 12.1 Å². The third kappa shape index (κ3) is 4.26. The van der Waals surface area contributed by atoms with Gasteiger partial charge in [-0.3, -0.25) is 4.79 Å². The Morgan fingerprint density at radius 2 is 2.06 bits per heavy atom. The molecule has 1 unspecified atom stereocenters. The zero-order valence-electron chi connectivity index (χ0n) is 10.1. The number of hydrogen-bond acceptors (Lipinski definition) is 5. The molecule has 5 nitrogen and oxygen atoms in total. The van der Waals surface area contributed by atoms with Crippen LogP contribution >= 0.6 is 0 Å². The molecular weight excluding hydrogens is 210 g/mol. The van der Waals surface area contributed by atoms with Crippen molar-refractivity contribution in [2.45, 2.75) is 39.5 Å². The van der Waals surface area contributed by atoms with Gasteiger partial charge in [0.1, 0.15) is 5.41 Å². The Hall–Kier alpha value is -0.970. The van der Waals surface area contributed by atoms with Crippen molar-refractivity contribution in [3.05, 3.63) is 4.91 Å². The van der Waals surface area contributed by atoms with Crippen molar-refractivity contribution in [3.63, 3.8) is 0 Å². The topological polar surface area (TPSA) is 76.0 Å². The van der Waals surface area contributed by atoms with Gasteiger partial charge in [0.25, 0.3) is 0 Å². The number of aliphatic hydroxyl groups is 1. The summed E-state index contributed by atoms with van der Waals surface area (Å²) in [5, 5.41) is 11.9. The van der Waals surface area contributed by atoms with Gasteiger partial charge >= 0.3 is 5.97 Å². The van der Waals surface area contributed by atoms with E-state index < -0.39 is 18.0 Å². The summed E-state index contributed by atoms with van der Waals surface area (Å²) in [6.45, 7) is 3.50. The number of nitrogens with zero attached hydrogens (tertiary/aromatic N) is 1. The number of nitroso groups, excluding NO2 is 1. The van der Waals surface area contributed by atoms with Crippen LogP contribution in [0.3, 0.4) is 0 Å². The van der Waals surface area contributed by atoms with Crippen LogP contribution in [0.25, 0.3) is 0 Å². The molecule has 0 fully saturated rings. The Labute approximate surface area is 96.2 Å². The molecular formula is C11H21NO4. The Balaban J connectivity index is 4.21. The van der Waals surface area contributed by atoms with Crippen molar-refractivity contribution in [1.82, 2.24) is 0 Å². The fraction of sp³-hybridized carbons (Fsp3) is 0.909. The first-order valence-corrected chi connectivity index (χ1v) is 5.74. The van der Waals surface area contributed by atoms with Crippen LogP contribution in [0.4, 0.5) is 0 Å². The van der Waals surface area contributed by atoms with Crippen LogP contribution in [0.5, 0.6) is 0 Å². The van der Waals surface area contributed by atoms with Crippen molar-refractivity contribution in [1.29, 1.82) is 0 Å². The maximum Gasteiger partial charge on any atom is 0.316 e. The number of carbonyl (C=O) groups is 1. The molecule has 0 rings (SSSR count). The summed E-state index contributed by atoms with van der Waals surface area (Å²) in [7, 11) is 0. The van der Waals surface area contributed by atoms with Crippen molar-refractivity contribution in [2.75, 3.05) is 19.8 Å². The molecule has 0 radical (unpaired) electrons. The highest BCUT2D eigenvalue weighted by molar-refractivity contribution is 5.77. The van der Waals surface area contributed by atoms with E-state index in [0.717, 1.165) is 19.3 Å². The maximum atomic E-state index is 11.7. The fourth-order valence-electron chi connectivity index (χ4n) is 1.34. The summed E-state index contributed by atoms with van der Waals surface area (Å²) >= 11 is 0. The summed E-state index contributed by atoms with van der Waals surface area (Å²) in [5.74, 6) is -0.520. The first-order chi connectivity index (χ1) is 7.66. The zero-order valence-corrected chi connectivity index (χ0v) is 10.1. The fourth-order valence-corrected chi connectivity index (χ4v) is 1.34. The van der Waals surface area contributed by atoms with E-state index >= 15 is 0 Å². The minimum atomic E-state index is -1.14. The lowest BCUT2D eigenvalue weighted by molar-refractivity contribution is -0.158. The highest BCUT2D eigenvalue weighted by Crippen LogP contribution is 2.24. The lowest BCUT2D eigenvalue weighted by Gasteiger charge is -2.25. The number of hydrogen-bond donors (Lipinski definition) is 1. The molecule has 0 amide bonds. The van der Waals surface area contributed by atoms with Gasteiger partial charge in [0.05, 0.1) is 19.8 Å². The lowest BCUT2D eigenvalue weighted by Crippen LogP contribution is -2.39. The molecule has 16 heavy (non-hydrogen) atoms. The van der Waals surface area contributed by atoms with Gasteiger partial charge in [-0.2, -0.15) is 4.91 Å². The van der Waals surface area contributed by atoms with Crippen LogP contribution in [0.2, 0.25) is 0 Å². The second kappa shape index (κ2) is 8.21. The van der Waals surface area contributed by atoms with E-state index in [0.29, 0.717) is 13.0 Å². The zero-order chi connectivity index (χ0) is 12.4. The van der Waals surface area contributed by atoms with Crippen molar-refractivity contribution in [3.8, 4) is 0 Å². The molecule has 0 bridgehead atoms. The van der Waals surface area contributed by atoms with Gasteiger partial charge in [-0.05, 0) is 12.8 Å². The second-order valence-electron chi connectivity index (χ2n) is 3.92. The summed E-state index contributed by atoms with van der Waals surface area (Å²) in [5.41, 5.74) is -1.14. The van der Waals surface area contributed by atoms with Crippen LogP contribution in [0.1, 0.15) is 39.5 Å². The molecule has 0 heterocycles. The monoisotopic (exact) mass is 231 g/mol. The van der Waals surface area contributed by atoms with Crippen LogP contribution < -0.4 is 0 Å². The quantitative estimate of drug-likeness (QED) is 0.373. The third-order valence-electron chi connectivity index (χ3n) is 2.76. The molecule has 94 valence electrons. The van der Waals surface area contributed by atoms with Gasteiger partial charge < -0.3 is 9.84 Å². The number of rotatable bonds is 9. The normalized spacial score (nSPS) is 14.2. The van der Waals surface area contributed by atoms with E-state index in [1.165, 1.54) is 0 Å². The average molecular weight is 231 g/mol. The predicted octanol–water partition coefficient (Wildman–Crippen LogP) is 1.87. The molecule has 0 aliphatic carbocycles. The number of unbranched alkanes of at least 4 members (excludes halogenated alkanes) is 2. The minimum Gasteiger partial charge on any atom is -0.465 e. The summed E-state index contributed by atoms with van der Waals surface area (Å²) < 4.78 is 5.05. The highest BCUT2D eigenvalue weighted by Gasteiger charge is 2.38. The molecule has 0 saturated carbocycles. The Bertz CT molecular complexity index is 214. The largest absolute Gasteiger partial charge is 0.465 e. The van der Waals surface area contributed by atoms with Gasteiger partial charge in [-0.25, -0.2) is 0 Å². The molecule has 5 heteroatoms. The average Bonchev–Trinajstić information content (AvgIpc) is 2.31. The van der Waals surface area contributed by atoms with Crippen LogP contribution in [0.15, 0.2) is 5.18 Å². The molecule has 1 atom stereocenters. The number of esters is 1. The molecule has 0 aromatic carbocycles. The van der Waals surface area contributed by atoms with Gasteiger partial charge in [0.15, 0.2) is 0 Å². The molecule has 0 aliphatic heterocycles. The number of aliphatic hydroxyl groups excluding tert-OH is 1. The smallest absolute Gasteiger partial charge is 0.316 e. The van der Waals surface area contributed by atoms with Gasteiger partial charge in [0, 0.05) is 0 Å². The number of ether oxygens (including phenoxy) is 1. The van der Waals surface area contributed by atoms with Crippen LogP contribution in [0, 0.1) is 10.3 Å². The van der Waals surface area contributed by atoms with E-state index in [9.17, 15) is 14.8 Å². The summed E-state index contributed by atoms with van der Waals surface area (Å²) in [6, 6.07) is 0. The van der Waals surface area contributed by atoms with Gasteiger partial charge in [0.2, 0.25) is 0 Å². The third-order valence-corrected chi connectivity index (χ3v) is 2.76. The Morgan fingerprint density at radius 3 is 2.50 bits per heavy atom. The van der Waals surface area contributed by atoms with Gasteiger partial charge in [-0.15, -0.1) is 0 Å². The molecule has 0 aromatic heterocycles. The minimum absolute atomic E-state index is 0.230. The van der Waals surface area contributed by atoms with E-state index in [1.807, 2.05) is 0 Å². The summed E-state index contributed by atoms with van der Waals surface area (Å²) in [4.78, 5) is 21.9. The summed E-state index contributed by atoms with van der Waals surface area (Å²) in [6.07, 6.45) is 3.20. The van der Waals surface area contributed by atoms with Crippen molar-refractivity contribution < 1.29 is 14.6 Å². The SMILES string of the molecule is CCCCCOC(=O)C(CC)(CO)CN=O. The molecule has 0 spiro atoms. The van der Waals surface area contributed by atoms with E-state index in [1.54, 1.807) is 6.92 Å². The van der Waals surface area contributed by atoms with Crippen LogP contribution in [-0.2, 0) is 9.53 Å². The standard InChI is InChI=1S/C11H21NO4/c1-3-5-6-7-16-10(14)11(4-2,9-13)8-12-15/h13H,3-9H2,1-2H3. The first-order valence-electron chi connectivity index (χ1n) is 5.74. The van der Waals surface area contributed by atoms with E-state index in [-0.39, 0.29) is 6.54 Å². The number of carbonyl (C=O) groups excluding carboxylic acids is 1. The van der Waals surface area contributed by atoms with Gasteiger partial charge in [-0.1, -0.05) is 31.9 Å². The molecule has 1 N–H and O–H groups in total. The maximum absolute atomic E-state index is 11.7. The Morgan fingerprint density at radius 1 is 1.38 bits per heavy atom. The van der Waals surface area contributed by atoms with E-state index in [4.69, 9.17) is 4.74 Å². The molecule has 0 aromatic rings. The van der Waals surface area contributed by atoms with Crippen molar-refractivity contribution in [2.24, 2.45) is 10.6 Å². The molecule has 0 aliphatic rings. The first kappa shape index (κ1) is 15.0. The Kier molecular flexibility index (Phi) is 7.72. The lowest BCUT2D eigenvalue weighted by atomic mass is 9.86. The predicted molar refractivity (Wildman–Crippen MR) is 61.0 cm³/mol. The van der Waals surface area contributed by atoms with Crippen LogP contribution in [-0.4, -0.2) is 30.8 Å². The second-order valence-corrected chi connectivity index (χ2v) is 3.92. The highest BCUT2D eigenvalue weighted by atomic mass is 16.5. The van der Waals surface area contributed by atoms with Crippen molar-refractivity contribution >= 4 is 5.97 Å².